The molecule has 1 aromatic carbocycles. The number of carbonyl (C=O) groups excluding carboxylic acids is 1. The minimum absolute atomic E-state index is 0.0928. The number of hydrogen-bond donors (Lipinski definition) is 2. The molecular weight excluding hydrogens is 286 g/mol. The Hall–Kier alpha value is -0.910. The lowest BCUT2D eigenvalue weighted by molar-refractivity contribution is 0.0522. The molecule has 0 heterocycles. The molecule has 0 aliphatic heterocycles. The maximum atomic E-state index is 11.9. The maximum absolute atomic E-state index is 11.9. The Balaban J connectivity index is 3.09. The second-order valence-electron chi connectivity index (χ2n) is 4.04. The van der Waals surface area contributed by atoms with E-state index in [-0.39, 0.29) is 11.9 Å². The van der Waals surface area contributed by atoms with Gasteiger partial charge < -0.3 is 15.6 Å². The molecule has 4 nitrogen and oxygen atoms in total. The zero-order valence-corrected chi connectivity index (χ0v) is 12.6. The van der Waals surface area contributed by atoms with Gasteiger partial charge in [0.25, 0.3) is 0 Å². The summed E-state index contributed by atoms with van der Waals surface area (Å²) in [6, 6.07) is 3.18. The van der Waals surface area contributed by atoms with Gasteiger partial charge >= 0.3 is 5.97 Å². The first kappa shape index (κ1) is 16.1. The first-order valence-electron chi connectivity index (χ1n) is 6.03. The molecule has 19 heavy (non-hydrogen) atoms. The minimum Gasteiger partial charge on any atom is -0.462 e. The van der Waals surface area contributed by atoms with E-state index in [2.05, 4.69) is 0 Å². The molecule has 0 fully saturated rings. The van der Waals surface area contributed by atoms with Crippen molar-refractivity contribution >= 4 is 35.0 Å². The Morgan fingerprint density at radius 2 is 2.26 bits per heavy atom. The van der Waals surface area contributed by atoms with Crippen LogP contribution in [0.25, 0.3) is 0 Å². The summed E-state index contributed by atoms with van der Waals surface area (Å²) in [5.74, 6) is -0.435. The van der Waals surface area contributed by atoms with Gasteiger partial charge in [-0.3, -0.25) is 0 Å². The number of esters is 1. The molecule has 3 N–H and O–H groups in total. The number of halogens is 1. The highest BCUT2D eigenvalue weighted by Gasteiger charge is 2.19. The molecule has 6 heteroatoms. The van der Waals surface area contributed by atoms with Gasteiger partial charge in [0.15, 0.2) is 0 Å². The van der Waals surface area contributed by atoms with Crippen molar-refractivity contribution in [2.45, 2.75) is 30.4 Å². The van der Waals surface area contributed by atoms with Crippen LogP contribution in [0.1, 0.15) is 30.6 Å². The summed E-state index contributed by atoms with van der Waals surface area (Å²) < 4.78 is 5.00. The minimum atomic E-state index is -0.435. The van der Waals surface area contributed by atoms with Crippen molar-refractivity contribution in [2.24, 2.45) is 0 Å². The molecule has 1 unspecified atom stereocenters. The number of hydrogen-bond acceptors (Lipinski definition) is 5. The summed E-state index contributed by atoms with van der Waals surface area (Å²) in [7, 11) is 0. The van der Waals surface area contributed by atoms with Crippen LogP contribution < -0.4 is 5.73 Å². The number of anilines is 1. The molecule has 0 radical (unpaired) electrons. The molecule has 1 atom stereocenters. The smallest absolute Gasteiger partial charge is 0.339 e. The highest BCUT2D eigenvalue weighted by Crippen LogP contribution is 2.36. The summed E-state index contributed by atoms with van der Waals surface area (Å²) in [6.07, 6.45) is 0.619. The first-order valence-corrected chi connectivity index (χ1v) is 7.29. The fourth-order valence-corrected chi connectivity index (χ4v) is 2.96. The molecule has 0 amide bonds. The molecule has 0 aromatic heterocycles. The number of carbonyl (C=O) groups is 1. The molecule has 1 aromatic rings. The van der Waals surface area contributed by atoms with Crippen molar-refractivity contribution in [3.8, 4) is 0 Å². The van der Waals surface area contributed by atoms with Gasteiger partial charge in [-0.1, -0.05) is 18.5 Å². The maximum Gasteiger partial charge on any atom is 0.339 e. The van der Waals surface area contributed by atoms with E-state index in [1.165, 1.54) is 11.8 Å². The summed E-state index contributed by atoms with van der Waals surface area (Å²) in [5, 5.41) is 9.50. The monoisotopic (exact) mass is 303 g/mol. The van der Waals surface area contributed by atoms with Crippen molar-refractivity contribution in [3.05, 3.63) is 22.7 Å². The van der Waals surface area contributed by atoms with Crippen LogP contribution in [0.4, 0.5) is 5.69 Å². The van der Waals surface area contributed by atoms with Gasteiger partial charge in [0.05, 0.1) is 17.2 Å². The zero-order chi connectivity index (χ0) is 14.4. The van der Waals surface area contributed by atoms with Crippen LogP contribution >= 0.6 is 23.4 Å². The van der Waals surface area contributed by atoms with Crippen LogP contribution in [0.3, 0.4) is 0 Å². The number of ether oxygens (including phenoxy) is 1. The van der Waals surface area contributed by atoms with Crippen molar-refractivity contribution in [1.82, 2.24) is 0 Å². The van der Waals surface area contributed by atoms with Crippen molar-refractivity contribution in [3.63, 3.8) is 0 Å². The Morgan fingerprint density at radius 1 is 1.58 bits per heavy atom. The van der Waals surface area contributed by atoms with E-state index in [4.69, 9.17) is 27.2 Å². The van der Waals surface area contributed by atoms with Gasteiger partial charge in [-0.15, -0.1) is 11.8 Å². The Kier molecular flexibility index (Phi) is 6.48. The third-order valence-corrected chi connectivity index (χ3v) is 4.14. The van der Waals surface area contributed by atoms with Gasteiger partial charge in [-0.2, -0.15) is 0 Å². The third kappa shape index (κ3) is 4.60. The Bertz CT molecular complexity index is 454. The lowest BCUT2D eigenvalue weighted by Gasteiger charge is -2.15. The average molecular weight is 304 g/mol. The average Bonchev–Trinajstić information content (AvgIpc) is 2.33. The number of nitrogen functional groups attached to an aromatic ring is 1. The van der Waals surface area contributed by atoms with E-state index < -0.39 is 5.97 Å². The van der Waals surface area contributed by atoms with E-state index in [1.54, 1.807) is 19.1 Å². The Morgan fingerprint density at radius 3 is 2.84 bits per heavy atom. The van der Waals surface area contributed by atoms with Crippen molar-refractivity contribution < 1.29 is 14.6 Å². The van der Waals surface area contributed by atoms with E-state index in [9.17, 15) is 4.79 Å². The zero-order valence-electron chi connectivity index (χ0n) is 11.0. The van der Waals surface area contributed by atoms with Crippen LogP contribution in [-0.4, -0.2) is 29.5 Å². The quantitative estimate of drug-likeness (QED) is 0.480. The van der Waals surface area contributed by atoms with Gasteiger partial charge in [0.1, 0.15) is 0 Å². The van der Waals surface area contributed by atoms with Crippen LogP contribution in [0.15, 0.2) is 17.0 Å². The van der Waals surface area contributed by atoms with E-state index >= 15 is 0 Å². The third-order valence-electron chi connectivity index (χ3n) is 2.42. The number of aliphatic hydroxyl groups excluding tert-OH is 1. The standard InChI is InChI=1S/C13H18ClNO3S/c1-3-18-13(17)10-6-9(15)7-11(14)12(10)19-8(2)4-5-16/h6-8,16H,3-5,15H2,1-2H3. The molecule has 0 aliphatic rings. The van der Waals surface area contributed by atoms with Crippen LogP contribution in [0, 0.1) is 0 Å². The molecule has 0 saturated carbocycles. The van der Waals surface area contributed by atoms with Gasteiger partial charge in [0, 0.05) is 22.4 Å². The van der Waals surface area contributed by atoms with Gasteiger partial charge in [-0.05, 0) is 25.5 Å². The van der Waals surface area contributed by atoms with Crippen LogP contribution in [0.2, 0.25) is 5.02 Å². The van der Waals surface area contributed by atoms with Crippen molar-refractivity contribution in [1.29, 1.82) is 0 Å². The van der Waals surface area contributed by atoms with E-state index in [1.807, 2.05) is 6.92 Å². The Labute approximate surface area is 122 Å². The molecule has 0 spiro atoms. The normalized spacial score (nSPS) is 12.2. The van der Waals surface area contributed by atoms with E-state index in [0.29, 0.717) is 34.2 Å². The fourth-order valence-electron chi connectivity index (χ4n) is 1.54. The van der Waals surface area contributed by atoms with Gasteiger partial charge in [-0.25, -0.2) is 4.79 Å². The lowest BCUT2D eigenvalue weighted by atomic mass is 10.2. The number of aliphatic hydroxyl groups is 1. The first-order chi connectivity index (χ1) is 8.99. The largest absolute Gasteiger partial charge is 0.462 e. The summed E-state index contributed by atoms with van der Waals surface area (Å²) in [5.41, 5.74) is 6.51. The molecule has 0 bridgehead atoms. The van der Waals surface area contributed by atoms with E-state index in [0.717, 1.165) is 0 Å². The topological polar surface area (TPSA) is 72.5 Å². The highest BCUT2D eigenvalue weighted by atomic mass is 35.5. The van der Waals surface area contributed by atoms with Crippen LogP contribution in [-0.2, 0) is 4.74 Å². The number of thioether (sulfide) groups is 1. The molecule has 1 rings (SSSR count). The molecule has 0 saturated heterocycles. The summed E-state index contributed by atoms with van der Waals surface area (Å²) in [4.78, 5) is 12.6. The molecule has 0 aliphatic carbocycles. The number of benzene rings is 1. The SMILES string of the molecule is CCOC(=O)c1cc(N)cc(Cl)c1SC(C)CCO. The lowest BCUT2D eigenvalue weighted by Crippen LogP contribution is -2.09. The molecule has 106 valence electrons. The van der Waals surface area contributed by atoms with Crippen LogP contribution in [0.5, 0.6) is 0 Å². The summed E-state index contributed by atoms with van der Waals surface area (Å²) in [6.45, 7) is 4.09. The fraction of sp³-hybridized carbons (Fsp3) is 0.462. The summed E-state index contributed by atoms with van der Waals surface area (Å²) >= 11 is 7.59. The number of nitrogens with two attached hydrogens (primary N) is 1. The predicted octanol–water partition coefficient (Wildman–Crippen LogP) is 2.96. The second-order valence-corrected chi connectivity index (χ2v) is 5.90. The van der Waals surface area contributed by atoms with Gasteiger partial charge in [0.2, 0.25) is 0 Å². The second kappa shape index (κ2) is 7.62. The highest BCUT2D eigenvalue weighted by molar-refractivity contribution is 8.00. The molecular formula is C13H18ClNO3S. The van der Waals surface area contributed by atoms with Crippen molar-refractivity contribution in [2.75, 3.05) is 18.9 Å². The predicted molar refractivity (Wildman–Crippen MR) is 78.8 cm³/mol. The number of rotatable bonds is 6.